The van der Waals surface area contributed by atoms with Gasteiger partial charge in [-0.25, -0.2) is 9.78 Å². The number of nitrogens with one attached hydrogen (secondary N) is 3. The van der Waals surface area contributed by atoms with Crippen molar-refractivity contribution >= 4 is 35.0 Å². The lowest BCUT2D eigenvalue weighted by molar-refractivity contribution is -0.133. The first-order valence-electron chi connectivity index (χ1n) is 14.5. The summed E-state index contributed by atoms with van der Waals surface area (Å²) in [6.45, 7) is 10.4. The largest absolute Gasteiger partial charge is 0.444 e. The lowest BCUT2D eigenvalue weighted by Crippen LogP contribution is -2.49. The average Bonchev–Trinajstić information content (AvgIpc) is 3.34. The molecule has 222 valence electrons. The fraction of sp³-hybridized carbons (Fsp3) is 0.548. The summed E-state index contributed by atoms with van der Waals surface area (Å²) in [4.78, 5) is 46.9. The number of amides is 3. The fourth-order valence-electron chi connectivity index (χ4n) is 5.48. The number of ether oxygens (including phenoxy) is 1. The molecule has 0 unspecified atom stereocenters. The summed E-state index contributed by atoms with van der Waals surface area (Å²) in [6.07, 6.45) is 9.38. The Morgan fingerprint density at radius 3 is 2.46 bits per heavy atom. The third-order valence-corrected chi connectivity index (χ3v) is 7.49. The molecule has 4 rings (SSSR count). The number of nitrogens with two attached hydrogens (primary N) is 1. The van der Waals surface area contributed by atoms with Crippen LogP contribution >= 0.6 is 0 Å². The van der Waals surface area contributed by atoms with Crippen LogP contribution < -0.4 is 16.4 Å². The Kier molecular flexibility index (Phi) is 9.09. The Labute approximate surface area is 242 Å². The maximum absolute atomic E-state index is 13.1. The van der Waals surface area contributed by atoms with Gasteiger partial charge in [0.1, 0.15) is 11.4 Å². The number of alkyl carbamates (subject to hydrolysis) is 1. The monoisotopic (exact) mass is 564 g/mol. The Hall–Kier alpha value is -3.82. The smallest absolute Gasteiger partial charge is 0.408 e. The van der Waals surface area contributed by atoms with E-state index in [1.807, 2.05) is 45.6 Å². The molecule has 41 heavy (non-hydrogen) atoms. The summed E-state index contributed by atoms with van der Waals surface area (Å²) >= 11 is 0. The fourth-order valence-corrected chi connectivity index (χ4v) is 5.48. The number of allylic oxidation sites excluding steroid dienone is 2. The Balaban J connectivity index is 1.41. The lowest BCUT2D eigenvalue weighted by atomic mass is 9.85. The third-order valence-electron chi connectivity index (χ3n) is 7.49. The third kappa shape index (κ3) is 8.34. The van der Waals surface area contributed by atoms with E-state index in [-0.39, 0.29) is 24.1 Å². The zero-order valence-electron chi connectivity index (χ0n) is 24.9. The first-order chi connectivity index (χ1) is 19.3. The SMILES string of the molecule is CC(C)(CC(=O)N1CCC(c2ccc(NC(=O)c3ncc(N)[nH]3)c(C3=CCCCC3)c2)CC1)NC(=O)OC(C)(C)C. The Bertz CT molecular complexity index is 1300. The predicted octanol–water partition coefficient (Wildman–Crippen LogP) is 5.60. The number of aromatic nitrogens is 2. The molecule has 1 aromatic carbocycles. The van der Waals surface area contributed by atoms with Crippen molar-refractivity contribution in [3.63, 3.8) is 0 Å². The molecule has 0 bridgehead atoms. The van der Waals surface area contributed by atoms with Crippen LogP contribution in [0.15, 0.2) is 30.5 Å². The molecule has 1 aliphatic heterocycles. The number of anilines is 2. The highest BCUT2D eigenvalue weighted by molar-refractivity contribution is 6.03. The molecule has 3 amide bonds. The van der Waals surface area contributed by atoms with Gasteiger partial charge < -0.3 is 31.0 Å². The molecular weight excluding hydrogens is 520 g/mol. The number of likely N-dealkylation sites (tertiary alicyclic amines) is 1. The van der Waals surface area contributed by atoms with Gasteiger partial charge in [0.05, 0.1) is 6.20 Å². The lowest BCUT2D eigenvalue weighted by Gasteiger charge is -2.35. The van der Waals surface area contributed by atoms with Crippen LogP contribution in [0.5, 0.6) is 0 Å². The normalized spacial score (nSPS) is 16.6. The topological polar surface area (TPSA) is 142 Å². The molecule has 1 saturated heterocycles. The molecular formula is C31H44N6O4. The number of imidazole rings is 1. The number of hydrogen-bond donors (Lipinski definition) is 4. The number of hydrogen-bond acceptors (Lipinski definition) is 6. The zero-order chi connectivity index (χ0) is 29.8. The van der Waals surface area contributed by atoms with Crippen molar-refractivity contribution in [1.29, 1.82) is 0 Å². The van der Waals surface area contributed by atoms with Gasteiger partial charge in [0.25, 0.3) is 5.91 Å². The van der Waals surface area contributed by atoms with Gasteiger partial charge in [0, 0.05) is 36.3 Å². The number of nitrogens with zero attached hydrogens (tertiary/aromatic N) is 2. The molecule has 0 atom stereocenters. The van der Waals surface area contributed by atoms with E-state index >= 15 is 0 Å². The van der Waals surface area contributed by atoms with Crippen molar-refractivity contribution in [2.75, 3.05) is 24.1 Å². The summed E-state index contributed by atoms with van der Waals surface area (Å²) in [7, 11) is 0. The number of carbonyl (C=O) groups excluding carboxylic acids is 3. The van der Waals surface area contributed by atoms with Crippen LogP contribution in [-0.2, 0) is 9.53 Å². The van der Waals surface area contributed by atoms with Gasteiger partial charge >= 0.3 is 6.09 Å². The second-order valence-electron chi connectivity index (χ2n) is 12.8. The maximum Gasteiger partial charge on any atom is 0.408 e. The minimum absolute atomic E-state index is 0.0224. The number of benzene rings is 1. The number of nitrogen functional groups attached to an aromatic ring is 1. The Morgan fingerprint density at radius 1 is 1.12 bits per heavy atom. The summed E-state index contributed by atoms with van der Waals surface area (Å²) in [6, 6.07) is 6.26. The number of aromatic amines is 1. The van der Waals surface area contributed by atoms with Crippen molar-refractivity contribution in [1.82, 2.24) is 20.2 Å². The highest BCUT2D eigenvalue weighted by Gasteiger charge is 2.31. The zero-order valence-corrected chi connectivity index (χ0v) is 24.9. The van der Waals surface area contributed by atoms with Crippen molar-refractivity contribution in [2.24, 2.45) is 0 Å². The van der Waals surface area contributed by atoms with Crippen molar-refractivity contribution < 1.29 is 19.1 Å². The number of rotatable bonds is 7. The van der Waals surface area contributed by atoms with Crippen LogP contribution in [0.25, 0.3) is 5.57 Å². The van der Waals surface area contributed by atoms with Crippen LogP contribution in [0.4, 0.5) is 16.3 Å². The first kappa shape index (κ1) is 30.1. The molecule has 5 N–H and O–H groups in total. The molecule has 1 fully saturated rings. The quantitative estimate of drug-likeness (QED) is 0.345. The molecule has 10 heteroatoms. The molecule has 1 aliphatic carbocycles. The Morgan fingerprint density at radius 2 is 1.85 bits per heavy atom. The van der Waals surface area contributed by atoms with E-state index in [0.29, 0.717) is 24.8 Å². The van der Waals surface area contributed by atoms with Gasteiger partial charge in [-0.05, 0) is 102 Å². The van der Waals surface area contributed by atoms with E-state index in [4.69, 9.17) is 10.5 Å². The molecule has 0 saturated carbocycles. The van der Waals surface area contributed by atoms with Crippen molar-refractivity contribution in [3.05, 3.63) is 47.4 Å². The van der Waals surface area contributed by atoms with E-state index in [0.717, 1.165) is 43.4 Å². The van der Waals surface area contributed by atoms with Gasteiger partial charge in [0.15, 0.2) is 5.82 Å². The van der Waals surface area contributed by atoms with Gasteiger partial charge in [-0.2, -0.15) is 0 Å². The van der Waals surface area contributed by atoms with Crippen LogP contribution in [0, 0.1) is 0 Å². The molecule has 0 radical (unpaired) electrons. The summed E-state index contributed by atoms with van der Waals surface area (Å²) in [5.74, 6) is 0.520. The van der Waals surface area contributed by atoms with Gasteiger partial charge in [0.2, 0.25) is 5.91 Å². The molecule has 10 nitrogen and oxygen atoms in total. The summed E-state index contributed by atoms with van der Waals surface area (Å²) in [5, 5.41) is 5.85. The number of piperidine rings is 1. The van der Waals surface area contributed by atoms with Gasteiger partial charge in [-0.1, -0.05) is 12.1 Å². The molecule has 0 spiro atoms. The second-order valence-corrected chi connectivity index (χ2v) is 12.8. The molecule has 1 aromatic heterocycles. The van der Waals surface area contributed by atoms with Crippen LogP contribution in [-0.4, -0.2) is 57.0 Å². The minimum Gasteiger partial charge on any atom is -0.444 e. The highest BCUT2D eigenvalue weighted by Crippen LogP contribution is 2.37. The van der Waals surface area contributed by atoms with Crippen LogP contribution in [0.2, 0.25) is 0 Å². The van der Waals surface area contributed by atoms with Crippen molar-refractivity contribution in [3.8, 4) is 0 Å². The summed E-state index contributed by atoms with van der Waals surface area (Å²) in [5.41, 5.74) is 8.65. The van der Waals surface area contributed by atoms with Crippen LogP contribution in [0.3, 0.4) is 0 Å². The maximum atomic E-state index is 13.1. The van der Waals surface area contributed by atoms with E-state index in [9.17, 15) is 14.4 Å². The van der Waals surface area contributed by atoms with Gasteiger partial charge in [-0.3, -0.25) is 9.59 Å². The number of carbonyl (C=O) groups is 3. The standard InChI is InChI=1S/C31H44N6O4/c1-30(2,3)41-29(40)36-31(4,5)18-26(38)37-15-13-20(14-16-37)22-11-12-24(23(17-22)21-9-7-6-8-10-21)34-28(39)27-33-19-25(32)35-27/h9,11-12,17,19-20H,6-8,10,13-16,18,32H2,1-5H3,(H,33,35)(H,34,39)(H,36,40). The first-order valence-corrected chi connectivity index (χ1v) is 14.5. The summed E-state index contributed by atoms with van der Waals surface area (Å²) < 4.78 is 5.36. The highest BCUT2D eigenvalue weighted by atomic mass is 16.6. The minimum atomic E-state index is -0.722. The second kappa shape index (κ2) is 12.4. The average molecular weight is 565 g/mol. The van der Waals surface area contributed by atoms with E-state index < -0.39 is 17.2 Å². The predicted molar refractivity (Wildman–Crippen MR) is 160 cm³/mol. The van der Waals surface area contributed by atoms with Crippen molar-refractivity contribution in [2.45, 2.75) is 96.6 Å². The van der Waals surface area contributed by atoms with Gasteiger partial charge in [-0.15, -0.1) is 0 Å². The molecule has 2 heterocycles. The van der Waals surface area contributed by atoms with E-state index in [1.54, 1.807) is 0 Å². The molecule has 2 aliphatic rings. The van der Waals surface area contributed by atoms with E-state index in [2.05, 4.69) is 38.8 Å². The van der Waals surface area contributed by atoms with Crippen LogP contribution in [0.1, 0.15) is 107 Å². The number of H-pyrrole nitrogens is 1. The van der Waals surface area contributed by atoms with E-state index in [1.165, 1.54) is 23.8 Å². The molecule has 2 aromatic rings.